The van der Waals surface area contributed by atoms with Gasteiger partial charge in [-0.2, -0.15) is 0 Å². The third kappa shape index (κ3) is 9.06. The molecule has 0 radical (unpaired) electrons. The van der Waals surface area contributed by atoms with Crippen molar-refractivity contribution in [2.75, 3.05) is 18.5 Å². The van der Waals surface area contributed by atoms with E-state index in [1.54, 1.807) is 19.2 Å². The molecule has 0 aliphatic heterocycles. The van der Waals surface area contributed by atoms with E-state index in [2.05, 4.69) is 54.8 Å². The molecule has 1 aromatic carbocycles. The molecule has 0 aromatic heterocycles. The van der Waals surface area contributed by atoms with Crippen LogP contribution in [0.3, 0.4) is 0 Å². The molecule has 1 rings (SSSR count). The summed E-state index contributed by atoms with van der Waals surface area (Å²) in [5, 5.41) is 8.79. The average molecular weight is 359 g/mol. The van der Waals surface area contributed by atoms with E-state index >= 15 is 0 Å². The minimum absolute atomic E-state index is 0.356. The molecule has 0 bridgehead atoms. The predicted octanol–water partition coefficient (Wildman–Crippen LogP) is 5.21. The van der Waals surface area contributed by atoms with Crippen molar-refractivity contribution in [1.29, 1.82) is 0 Å². The molecule has 144 valence electrons. The van der Waals surface area contributed by atoms with Gasteiger partial charge in [-0.1, -0.05) is 12.1 Å². The fourth-order valence-electron chi connectivity index (χ4n) is 2.30. The van der Waals surface area contributed by atoms with Gasteiger partial charge in [0.2, 0.25) is 0 Å². The van der Waals surface area contributed by atoms with Crippen molar-refractivity contribution >= 4 is 23.9 Å². The normalized spacial score (nSPS) is 12.4. The average Bonchev–Trinajstić information content (AvgIpc) is 2.57. The van der Waals surface area contributed by atoms with Crippen molar-refractivity contribution in [3.05, 3.63) is 46.9 Å². The number of aliphatic hydroxyl groups excluding tert-OH is 1. The monoisotopic (exact) mass is 358 g/mol. The van der Waals surface area contributed by atoms with Gasteiger partial charge in [0.25, 0.3) is 0 Å². The summed E-state index contributed by atoms with van der Waals surface area (Å²) in [4.78, 5) is 10.4. The van der Waals surface area contributed by atoms with Crippen LogP contribution in [-0.2, 0) is 0 Å². The first-order valence-corrected chi connectivity index (χ1v) is 8.84. The fraction of sp³-hybridized carbons (Fsp3) is 0.429. The minimum Gasteiger partial charge on any atom is -0.513 e. The molecular formula is C21H34N4O. The highest BCUT2D eigenvalue weighted by Crippen LogP contribution is 2.32. The molecule has 0 fully saturated rings. The quantitative estimate of drug-likeness (QED) is 0.416. The van der Waals surface area contributed by atoms with Crippen LogP contribution in [0.25, 0.3) is 0 Å². The van der Waals surface area contributed by atoms with E-state index < -0.39 is 0 Å². The number of hydrogen-bond donors (Lipinski definition) is 2. The van der Waals surface area contributed by atoms with Gasteiger partial charge in [-0.25, -0.2) is 4.99 Å². The Kier molecular flexibility index (Phi) is 11.5. The maximum Gasteiger partial charge on any atom is 0.0909 e. The number of nitrogens with zero attached hydrogens (tertiary/aromatic N) is 3. The molecule has 0 heterocycles. The van der Waals surface area contributed by atoms with Crippen LogP contribution in [0, 0.1) is 13.8 Å². The van der Waals surface area contributed by atoms with Crippen LogP contribution in [0.1, 0.15) is 45.2 Å². The first-order chi connectivity index (χ1) is 12.3. The second-order valence-electron chi connectivity index (χ2n) is 6.06. The molecule has 5 heteroatoms. The summed E-state index contributed by atoms with van der Waals surface area (Å²) < 4.78 is 0. The van der Waals surface area contributed by atoms with Crippen LogP contribution < -0.4 is 10.6 Å². The van der Waals surface area contributed by atoms with Gasteiger partial charge in [-0.15, -0.1) is 0 Å². The molecule has 0 unspecified atom stereocenters. The van der Waals surface area contributed by atoms with Crippen LogP contribution in [0.2, 0.25) is 0 Å². The van der Waals surface area contributed by atoms with E-state index in [4.69, 9.17) is 10.8 Å². The lowest BCUT2D eigenvalue weighted by molar-refractivity contribution is 0.412. The zero-order valence-electron chi connectivity index (χ0n) is 17.2. The molecule has 1 aromatic rings. The Labute approximate surface area is 158 Å². The number of rotatable bonds is 6. The second-order valence-corrected chi connectivity index (χ2v) is 6.06. The number of hydrogen-bond acceptors (Lipinski definition) is 4. The predicted molar refractivity (Wildman–Crippen MR) is 116 cm³/mol. The van der Waals surface area contributed by atoms with Crippen molar-refractivity contribution in [1.82, 2.24) is 0 Å². The largest absolute Gasteiger partial charge is 0.513 e. The summed E-state index contributed by atoms with van der Waals surface area (Å²) in [7, 11) is 2.06. The Balaban J connectivity index is 0.000000508. The molecule has 0 saturated carbocycles. The van der Waals surface area contributed by atoms with Crippen LogP contribution in [0.4, 0.5) is 11.4 Å². The van der Waals surface area contributed by atoms with E-state index in [9.17, 15) is 0 Å². The maximum atomic E-state index is 8.79. The minimum atomic E-state index is 0.356. The van der Waals surface area contributed by atoms with Crippen molar-refractivity contribution in [2.45, 2.75) is 48.0 Å². The van der Waals surface area contributed by atoms with Gasteiger partial charge in [-0.05, 0) is 71.2 Å². The number of aliphatic imine (C=N–C) groups is 2. The van der Waals surface area contributed by atoms with Crippen LogP contribution in [0.15, 0.2) is 45.7 Å². The van der Waals surface area contributed by atoms with E-state index in [0.29, 0.717) is 5.76 Å². The Bertz CT molecular complexity index is 669. The number of allylic oxidation sites excluding steroid dienone is 4. The second kappa shape index (κ2) is 12.8. The molecule has 0 spiro atoms. The van der Waals surface area contributed by atoms with Gasteiger partial charge in [0.15, 0.2) is 0 Å². The first-order valence-electron chi connectivity index (χ1n) is 8.84. The summed E-state index contributed by atoms with van der Waals surface area (Å²) in [5.41, 5.74) is 10.9. The lowest BCUT2D eigenvalue weighted by Gasteiger charge is -2.20. The van der Waals surface area contributed by atoms with Gasteiger partial charge in [0.05, 0.1) is 23.5 Å². The smallest absolute Gasteiger partial charge is 0.0909 e. The van der Waals surface area contributed by atoms with Crippen LogP contribution >= 0.6 is 0 Å². The number of benzene rings is 1. The molecule has 3 N–H and O–H groups in total. The number of aryl methyl sites for hydroxylation is 2. The van der Waals surface area contributed by atoms with E-state index in [0.717, 1.165) is 35.6 Å². The molecule has 0 aliphatic carbocycles. The zero-order valence-corrected chi connectivity index (χ0v) is 17.2. The van der Waals surface area contributed by atoms with E-state index in [1.165, 1.54) is 11.9 Å². The van der Waals surface area contributed by atoms with Crippen molar-refractivity contribution < 1.29 is 5.11 Å². The van der Waals surface area contributed by atoms with E-state index in [-0.39, 0.29) is 0 Å². The summed E-state index contributed by atoms with van der Waals surface area (Å²) >= 11 is 0. The summed E-state index contributed by atoms with van der Waals surface area (Å²) in [6.45, 7) is 12.7. The number of nitrogens with two attached hydrogens (primary N) is 1. The van der Waals surface area contributed by atoms with Crippen LogP contribution in [0.5, 0.6) is 0 Å². The molecule has 0 atom stereocenters. The molecule has 0 aliphatic rings. The number of aliphatic hydroxyl groups is 1. The Morgan fingerprint density at radius 1 is 1.23 bits per heavy atom. The summed E-state index contributed by atoms with van der Waals surface area (Å²) in [5.74, 6) is 0.356. The summed E-state index contributed by atoms with van der Waals surface area (Å²) in [6, 6.07) is 4.26. The van der Waals surface area contributed by atoms with Crippen molar-refractivity contribution in [3.63, 3.8) is 0 Å². The molecular weight excluding hydrogens is 324 g/mol. The molecule has 0 amide bonds. The SMILES string of the molecule is CC=N/C(C)=C\CC=C(C)O.CCN(C)c1cc(C)cc(C)c1N=CN. The fourth-order valence-corrected chi connectivity index (χ4v) is 2.30. The topological polar surface area (TPSA) is 74.2 Å². The van der Waals surface area contributed by atoms with Gasteiger partial charge >= 0.3 is 0 Å². The van der Waals surface area contributed by atoms with Gasteiger partial charge in [-0.3, -0.25) is 4.99 Å². The lowest BCUT2D eigenvalue weighted by Crippen LogP contribution is -2.16. The van der Waals surface area contributed by atoms with Gasteiger partial charge < -0.3 is 15.7 Å². The van der Waals surface area contributed by atoms with Crippen LogP contribution in [-0.4, -0.2) is 31.3 Å². The first kappa shape index (κ1) is 23.4. The van der Waals surface area contributed by atoms with Crippen molar-refractivity contribution in [2.24, 2.45) is 15.7 Å². The molecule has 0 saturated heterocycles. The Hall–Kier alpha value is -2.56. The van der Waals surface area contributed by atoms with E-state index in [1.807, 2.05) is 19.9 Å². The highest BCUT2D eigenvalue weighted by atomic mass is 16.3. The third-order valence-corrected chi connectivity index (χ3v) is 3.67. The maximum absolute atomic E-state index is 8.79. The highest BCUT2D eigenvalue weighted by Gasteiger charge is 2.08. The molecule has 26 heavy (non-hydrogen) atoms. The third-order valence-electron chi connectivity index (χ3n) is 3.67. The number of anilines is 1. The zero-order chi connectivity index (χ0) is 20.1. The van der Waals surface area contributed by atoms with Gasteiger partial charge in [0, 0.05) is 25.5 Å². The Morgan fingerprint density at radius 3 is 2.38 bits per heavy atom. The Morgan fingerprint density at radius 2 is 1.88 bits per heavy atom. The lowest BCUT2D eigenvalue weighted by atomic mass is 10.1. The highest BCUT2D eigenvalue weighted by molar-refractivity contribution is 5.75. The summed E-state index contributed by atoms with van der Waals surface area (Å²) in [6.07, 6.45) is 7.55. The molecule has 5 nitrogen and oxygen atoms in total. The van der Waals surface area contributed by atoms with Gasteiger partial charge in [0.1, 0.15) is 0 Å². The standard InChI is InChI=1S/C12H19N3.C9H15NO/c1-5-15(4)11-7-9(2)6-10(3)12(11)14-8-13;1-4-10-8(2)6-5-7-9(3)11/h6-8H,5H2,1-4H3,(H2,13,14);4,6-7,11H,5H2,1-3H3/b;8-6-,9-7?,10-4?. The van der Waals surface area contributed by atoms with Crippen molar-refractivity contribution in [3.8, 4) is 0 Å².